The molecule has 1 aromatic carbocycles. The minimum absolute atomic E-state index is 0.184. The van der Waals surface area contributed by atoms with E-state index in [0.717, 1.165) is 15.0 Å². The van der Waals surface area contributed by atoms with Crippen LogP contribution in [0.25, 0.3) is 0 Å². The van der Waals surface area contributed by atoms with Crippen LogP contribution in [0, 0.1) is 10.5 Å². The highest BCUT2D eigenvalue weighted by molar-refractivity contribution is 14.1. The molecule has 0 fully saturated rings. The van der Waals surface area contributed by atoms with Gasteiger partial charge in [0.1, 0.15) is 0 Å². The van der Waals surface area contributed by atoms with Crippen LogP contribution in [0.1, 0.15) is 16.1 Å². The van der Waals surface area contributed by atoms with Gasteiger partial charge >= 0.3 is 0 Å². The maximum Gasteiger partial charge on any atom is 0.259 e. The second-order valence-electron chi connectivity index (χ2n) is 3.49. The number of halogens is 2. The zero-order valence-electron chi connectivity index (χ0n) is 8.92. The molecule has 0 aliphatic rings. The number of aromatic amines is 1. The highest BCUT2D eigenvalue weighted by Crippen LogP contribution is 2.22. The number of nitrogens with one attached hydrogen (secondary N) is 2. The molecule has 88 valence electrons. The van der Waals surface area contributed by atoms with Gasteiger partial charge in [-0.1, -0.05) is 11.6 Å². The molecule has 6 heteroatoms. The molecule has 2 rings (SSSR count). The highest BCUT2D eigenvalue weighted by atomic mass is 127. The van der Waals surface area contributed by atoms with Gasteiger partial charge in [-0.25, -0.2) is 0 Å². The van der Waals surface area contributed by atoms with Crippen LogP contribution in [0.2, 0.25) is 5.02 Å². The molecule has 0 bridgehead atoms. The van der Waals surface area contributed by atoms with E-state index in [4.69, 9.17) is 11.6 Å². The number of anilines is 1. The van der Waals surface area contributed by atoms with Crippen molar-refractivity contribution in [3.8, 4) is 0 Å². The molecule has 17 heavy (non-hydrogen) atoms. The van der Waals surface area contributed by atoms with E-state index < -0.39 is 0 Å². The Balaban J connectivity index is 2.22. The number of hydrogen-bond acceptors (Lipinski definition) is 2. The van der Waals surface area contributed by atoms with Gasteiger partial charge in [-0.3, -0.25) is 9.89 Å². The molecular formula is C11H9ClIN3O. The first-order chi connectivity index (χ1) is 8.08. The molecule has 0 unspecified atom stereocenters. The minimum atomic E-state index is -0.184. The summed E-state index contributed by atoms with van der Waals surface area (Å²) < 4.78 is 0.893. The Hall–Kier alpha value is -1.08. The quantitative estimate of drug-likeness (QED) is 0.807. The van der Waals surface area contributed by atoms with Crippen molar-refractivity contribution in [2.24, 2.45) is 0 Å². The van der Waals surface area contributed by atoms with Gasteiger partial charge in [-0.2, -0.15) is 5.10 Å². The summed E-state index contributed by atoms with van der Waals surface area (Å²) in [5, 5.41) is 10.00. The van der Waals surface area contributed by atoms with Gasteiger partial charge in [-0.05, 0) is 47.7 Å². The smallest absolute Gasteiger partial charge is 0.259 e. The van der Waals surface area contributed by atoms with Crippen LogP contribution in [-0.4, -0.2) is 16.1 Å². The van der Waals surface area contributed by atoms with Crippen molar-refractivity contribution in [1.29, 1.82) is 0 Å². The van der Waals surface area contributed by atoms with Crippen LogP contribution in [-0.2, 0) is 0 Å². The van der Waals surface area contributed by atoms with Gasteiger partial charge in [0.15, 0.2) is 0 Å². The number of rotatable bonds is 2. The number of carbonyl (C=O) groups is 1. The van der Waals surface area contributed by atoms with Gasteiger partial charge < -0.3 is 5.32 Å². The van der Waals surface area contributed by atoms with Gasteiger partial charge in [0.25, 0.3) is 5.91 Å². The maximum absolute atomic E-state index is 11.9. The van der Waals surface area contributed by atoms with Crippen molar-refractivity contribution in [2.75, 3.05) is 5.32 Å². The average Bonchev–Trinajstić information content (AvgIpc) is 2.68. The van der Waals surface area contributed by atoms with E-state index in [9.17, 15) is 4.79 Å². The van der Waals surface area contributed by atoms with E-state index in [1.54, 1.807) is 25.1 Å². The Morgan fingerprint density at radius 3 is 2.88 bits per heavy atom. The maximum atomic E-state index is 11.9. The van der Waals surface area contributed by atoms with Crippen molar-refractivity contribution >= 4 is 45.8 Å². The van der Waals surface area contributed by atoms with Crippen molar-refractivity contribution < 1.29 is 4.79 Å². The standard InChI is InChI=1S/C11H9ClIN3O/c1-6-8(5-14-16-6)11(17)15-10-3-2-7(12)4-9(10)13/h2-5H,1H3,(H,14,16)(H,15,17). The van der Waals surface area contributed by atoms with E-state index in [0.29, 0.717) is 10.6 Å². The summed E-state index contributed by atoms with van der Waals surface area (Å²) in [5.74, 6) is -0.184. The predicted octanol–water partition coefficient (Wildman–Crippen LogP) is 3.23. The number of amides is 1. The number of aryl methyl sites for hydroxylation is 1. The van der Waals surface area contributed by atoms with Crippen LogP contribution < -0.4 is 5.32 Å². The van der Waals surface area contributed by atoms with E-state index >= 15 is 0 Å². The largest absolute Gasteiger partial charge is 0.321 e. The fourth-order valence-electron chi connectivity index (χ4n) is 1.36. The normalized spacial score (nSPS) is 10.3. The van der Waals surface area contributed by atoms with E-state index in [1.165, 1.54) is 6.20 Å². The number of hydrogen-bond donors (Lipinski definition) is 2. The molecular weight excluding hydrogens is 352 g/mol. The second kappa shape index (κ2) is 5.05. The molecule has 0 radical (unpaired) electrons. The summed E-state index contributed by atoms with van der Waals surface area (Å²) in [6, 6.07) is 5.30. The Morgan fingerprint density at radius 1 is 1.53 bits per heavy atom. The monoisotopic (exact) mass is 361 g/mol. The van der Waals surface area contributed by atoms with Crippen molar-refractivity contribution in [3.63, 3.8) is 0 Å². The van der Waals surface area contributed by atoms with Crippen LogP contribution >= 0.6 is 34.2 Å². The second-order valence-corrected chi connectivity index (χ2v) is 5.09. The molecule has 0 atom stereocenters. The van der Waals surface area contributed by atoms with Gasteiger partial charge in [0, 0.05) is 14.3 Å². The Morgan fingerprint density at radius 2 is 2.29 bits per heavy atom. The average molecular weight is 362 g/mol. The lowest BCUT2D eigenvalue weighted by Gasteiger charge is -2.06. The lowest BCUT2D eigenvalue weighted by atomic mass is 10.2. The summed E-state index contributed by atoms with van der Waals surface area (Å²) in [6.07, 6.45) is 1.51. The SMILES string of the molecule is Cc1[nH]ncc1C(=O)Nc1ccc(Cl)cc1I. The van der Waals surface area contributed by atoms with Gasteiger partial charge in [0.2, 0.25) is 0 Å². The minimum Gasteiger partial charge on any atom is -0.321 e. The lowest BCUT2D eigenvalue weighted by Crippen LogP contribution is -2.13. The number of nitrogens with zero attached hydrogens (tertiary/aromatic N) is 1. The van der Waals surface area contributed by atoms with Crippen LogP contribution in [0.4, 0.5) is 5.69 Å². The van der Waals surface area contributed by atoms with Crippen molar-refractivity contribution in [3.05, 3.63) is 44.2 Å². The molecule has 0 saturated carbocycles. The van der Waals surface area contributed by atoms with Crippen molar-refractivity contribution in [1.82, 2.24) is 10.2 Å². The van der Waals surface area contributed by atoms with Crippen LogP contribution in [0.15, 0.2) is 24.4 Å². The number of carbonyl (C=O) groups excluding carboxylic acids is 1. The zero-order valence-corrected chi connectivity index (χ0v) is 11.8. The Labute approximate surface area is 117 Å². The van der Waals surface area contributed by atoms with E-state index in [-0.39, 0.29) is 5.91 Å². The molecule has 0 saturated heterocycles. The summed E-state index contributed by atoms with van der Waals surface area (Å²) in [6.45, 7) is 1.80. The molecule has 0 aliphatic heterocycles. The van der Waals surface area contributed by atoms with Crippen LogP contribution in [0.5, 0.6) is 0 Å². The molecule has 0 aliphatic carbocycles. The number of H-pyrrole nitrogens is 1. The Bertz CT molecular complexity index is 568. The van der Waals surface area contributed by atoms with E-state index in [2.05, 4.69) is 38.1 Å². The number of aromatic nitrogens is 2. The first kappa shape index (κ1) is 12.4. The fourth-order valence-corrected chi connectivity index (χ4v) is 2.37. The molecule has 2 N–H and O–H groups in total. The fraction of sp³-hybridized carbons (Fsp3) is 0.0909. The van der Waals surface area contributed by atoms with Gasteiger partial charge in [0.05, 0.1) is 17.4 Å². The topological polar surface area (TPSA) is 57.8 Å². The van der Waals surface area contributed by atoms with Crippen LogP contribution in [0.3, 0.4) is 0 Å². The molecule has 2 aromatic rings. The third kappa shape index (κ3) is 2.78. The predicted molar refractivity (Wildman–Crippen MR) is 75.4 cm³/mol. The highest BCUT2D eigenvalue weighted by Gasteiger charge is 2.12. The summed E-state index contributed by atoms with van der Waals surface area (Å²) in [4.78, 5) is 11.9. The third-order valence-electron chi connectivity index (χ3n) is 2.25. The summed E-state index contributed by atoms with van der Waals surface area (Å²) in [5.41, 5.74) is 2.02. The summed E-state index contributed by atoms with van der Waals surface area (Å²) in [7, 11) is 0. The molecule has 1 heterocycles. The molecule has 1 aromatic heterocycles. The van der Waals surface area contributed by atoms with Gasteiger partial charge in [-0.15, -0.1) is 0 Å². The zero-order chi connectivity index (χ0) is 12.4. The molecule has 4 nitrogen and oxygen atoms in total. The third-order valence-corrected chi connectivity index (χ3v) is 3.38. The summed E-state index contributed by atoms with van der Waals surface area (Å²) >= 11 is 7.97. The van der Waals surface area contributed by atoms with E-state index in [1.807, 2.05) is 0 Å². The first-order valence-corrected chi connectivity index (χ1v) is 6.30. The Kier molecular flexibility index (Phi) is 3.68. The molecule has 0 spiro atoms. The number of benzene rings is 1. The molecule has 1 amide bonds. The van der Waals surface area contributed by atoms with Crippen molar-refractivity contribution in [2.45, 2.75) is 6.92 Å². The first-order valence-electron chi connectivity index (χ1n) is 4.84. The lowest BCUT2D eigenvalue weighted by molar-refractivity contribution is 0.102.